The van der Waals surface area contributed by atoms with Gasteiger partial charge < -0.3 is 0 Å². The number of amides is 2. The van der Waals surface area contributed by atoms with Gasteiger partial charge in [-0.3, -0.25) is 9.59 Å². The van der Waals surface area contributed by atoms with Gasteiger partial charge in [-0.2, -0.15) is 0 Å². The zero-order valence-corrected chi connectivity index (χ0v) is 15.7. The van der Waals surface area contributed by atoms with E-state index in [4.69, 9.17) is 0 Å². The quantitative estimate of drug-likeness (QED) is 0.465. The van der Waals surface area contributed by atoms with Crippen molar-refractivity contribution in [3.8, 4) is 0 Å². The fourth-order valence-electron chi connectivity index (χ4n) is 5.07. The van der Waals surface area contributed by atoms with Gasteiger partial charge in [0.25, 0.3) is 0 Å². The van der Waals surface area contributed by atoms with Crippen molar-refractivity contribution in [2.75, 3.05) is 4.90 Å². The molecule has 4 heteroatoms. The van der Waals surface area contributed by atoms with Gasteiger partial charge in [-0.05, 0) is 31.3 Å². The number of hydrogen-bond acceptors (Lipinski definition) is 2. The third kappa shape index (κ3) is 1.92. The Hall–Kier alpha value is -2.25. The molecule has 2 aromatic rings. The van der Waals surface area contributed by atoms with Crippen molar-refractivity contribution in [3.05, 3.63) is 71.8 Å². The van der Waals surface area contributed by atoms with Crippen LogP contribution in [0.1, 0.15) is 13.8 Å². The lowest BCUT2D eigenvalue weighted by molar-refractivity contribution is -0.122. The van der Waals surface area contributed by atoms with Gasteiger partial charge >= 0.3 is 0 Å². The molecule has 2 bridgehead atoms. The molecule has 3 nitrogen and oxygen atoms in total. The second kappa shape index (κ2) is 5.62. The summed E-state index contributed by atoms with van der Waals surface area (Å²) in [6.07, 6.45) is 0. The summed E-state index contributed by atoms with van der Waals surface area (Å²) in [6, 6.07) is 19.9. The molecule has 0 saturated carbocycles. The Morgan fingerprint density at radius 2 is 1.19 bits per heavy atom. The lowest BCUT2D eigenvalue weighted by Gasteiger charge is -2.24. The summed E-state index contributed by atoms with van der Waals surface area (Å²) < 4.78 is 0. The highest BCUT2D eigenvalue weighted by Gasteiger charge is 2.66. The van der Waals surface area contributed by atoms with Crippen LogP contribution in [0.15, 0.2) is 71.8 Å². The number of carbonyl (C=O) groups is 2. The van der Waals surface area contributed by atoms with Gasteiger partial charge in [0.2, 0.25) is 11.8 Å². The predicted molar refractivity (Wildman–Crippen MR) is 105 cm³/mol. The second-order valence-corrected chi connectivity index (χ2v) is 9.84. The minimum Gasteiger partial charge on any atom is -0.274 e. The summed E-state index contributed by atoms with van der Waals surface area (Å²) in [5.41, 5.74) is 3.78. The van der Waals surface area contributed by atoms with Crippen LogP contribution in [0.25, 0.3) is 0 Å². The Bertz CT molecular complexity index is 899. The first-order valence-corrected chi connectivity index (χ1v) is 10.5. The normalized spacial score (nSPS) is 32.5. The van der Waals surface area contributed by atoms with E-state index in [1.54, 1.807) is 0 Å². The molecule has 3 heterocycles. The number of anilines is 1. The third-order valence-corrected chi connectivity index (χ3v) is 9.77. The fraction of sp³-hybridized carbons (Fsp3) is 0.273. The lowest BCUT2D eigenvalue weighted by Crippen LogP contribution is -2.34. The molecule has 3 aliphatic rings. The highest BCUT2D eigenvalue weighted by Crippen LogP contribution is 2.71. The van der Waals surface area contributed by atoms with Crippen LogP contribution in [0.5, 0.6) is 0 Å². The van der Waals surface area contributed by atoms with Crippen LogP contribution in [-0.4, -0.2) is 23.1 Å². The van der Waals surface area contributed by atoms with Crippen molar-refractivity contribution in [2.24, 2.45) is 11.8 Å². The third-order valence-electron chi connectivity index (χ3n) is 6.26. The zero-order chi connectivity index (χ0) is 18.0. The molecule has 0 N–H and O–H groups in total. The van der Waals surface area contributed by atoms with Crippen LogP contribution in [0.4, 0.5) is 5.69 Å². The zero-order valence-electron chi connectivity index (χ0n) is 14.8. The number of nitrogens with zero attached hydrogens (tertiary/aromatic N) is 1. The standard InChI is InChI=1S/C22H20NO2P/c1-13-14(2)20-18-17(19(13)26(20)16-11-7-4-8-12-16)21(24)23(22(18)25)15-9-5-3-6-10-15/h3-12,17-20H,1-2H3/t17-,18+,19-,20+,26?. The summed E-state index contributed by atoms with van der Waals surface area (Å²) >= 11 is 0. The summed E-state index contributed by atoms with van der Waals surface area (Å²) in [7, 11) is -0.547. The number of rotatable bonds is 2. The second-order valence-electron chi connectivity index (χ2n) is 7.40. The first-order valence-electron chi connectivity index (χ1n) is 9.05. The number of carbonyl (C=O) groups excluding carboxylic acids is 2. The molecule has 3 aliphatic heterocycles. The number of para-hydroxylation sites is 1. The molecule has 5 rings (SSSR count). The molecule has 0 radical (unpaired) electrons. The Morgan fingerprint density at radius 1 is 0.731 bits per heavy atom. The van der Waals surface area contributed by atoms with Crippen molar-refractivity contribution in [2.45, 2.75) is 25.2 Å². The predicted octanol–water partition coefficient (Wildman–Crippen LogP) is 3.70. The van der Waals surface area contributed by atoms with E-state index in [0.717, 1.165) is 0 Å². The van der Waals surface area contributed by atoms with Crippen LogP contribution in [0.3, 0.4) is 0 Å². The van der Waals surface area contributed by atoms with Crippen LogP contribution < -0.4 is 10.2 Å². The monoisotopic (exact) mass is 361 g/mol. The molecule has 0 spiro atoms. The van der Waals surface area contributed by atoms with Crippen molar-refractivity contribution >= 4 is 30.7 Å². The van der Waals surface area contributed by atoms with Gasteiger partial charge in [-0.15, -0.1) is 0 Å². The van der Waals surface area contributed by atoms with Crippen molar-refractivity contribution < 1.29 is 9.59 Å². The van der Waals surface area contributed by atoms with Crippen molar-refractivity contribution in [3.63, 3.8) is 0 Å². The van der Waals surface area contributed by atoms with Gasteiger partial charge in [0, 0.05) is 11.3 Å². The van der Waals surface area contributed by atoms with E-state index in [0.29, 0.717) is 5.69 Å². The average molecular weight is 361 g/mol. The van der Waals surface area contributed by atoms with E-state index in [1.165, 1.54) is 21.4 Å². The van der Waals surface area contributed by atoms with Gasteiger partial charge in [0.05, 0.1) is 17.5 Å². The maximum Gasteiger partial charge on any atom is 0.238 e. The Morgan fingerprint density at radius 3 is 1.69 bits per heavy atom. The van der Waals surface area contributed by atoms with Gasteiger partial charge in [0.15, 0.2) is 0 Å². The first kappa shape index (κ1) is 16.0. The number of hydrogen-bond donors (Lipinski definition) is 0. The van der Waals surface area contributed by atoms with Crippen LogP contribution in [0.2, 0.25) is 0 Å². The SMILES string of the molecule is CC1=C(C)[C@H]2[C@H]3C(=O)N(c4ccccc4)C(=O)[C@H]3[C@@H]1P2c1ccccc1. The summed E-state index contributed by atoms with van der Waals surface area (Å²) in [5, 5.41) is 1.31. The van der Waals surface area contributed by atoms with Crippen LogP contribution >= 0.6 is 7.92 Å². The number of imide groups is 1. The average Bonchev–Trinajstić information content (AvgIpc) is 3.24. The molecule has 2 saturated heterocycles. The number of fused-ring (bicyclic) bond motifs is 5. The van der Waals surface area contributed by atoms with E-state index < -0.39 is 7.92 Å². The van der Waals surface area contributed by atoms with Gasteiger partial charge in [-0.1, -0.05) is 67.6 Å². The van der Waals surface area contributed by atoms with Crippen LogP contribution in [0, 0.1) is 11.8 Å². The first-order chi connectivity index (χ1) is 12.6. The molecule has 26 heavy (non-hydrogen) atoms. The van der Waals surface area contributed by atoms with E-state index in [2.05, 4.69) is 38.1 Å². The summed E-state index contributed by atoms with van der Waals surface area (Å²) in [6.45, 7) is 4.33. The van der Waals surface area contributed by atoms with E-state index in [-0.39, 0.29) is 35.0 Å². The van der Waals surface area contributed by atoms with E-state index in [1.807, 2.05) is 36.4 Å². The van der Waals surface area contributed by atoms with Gasteiger partial charge in [0.1, 0.15) is 0 Å². The fourth-order valence-corrected chi connectivity index (χ4v) is 9.14. The highest BCUT2D eigenvalue weighted by atomic mass is 31.1. The van der Waals surface area contributed by atoms with Crippen LogP contribution in [-0.2, 0) is 9.59 Å². The number of benzene rings is 2. The topological polar surface area (TPSA) is 37.4 Å². The molecule has 0 aromatic heterocycles. The molecular formula is C22H20NO2P. The molecule has 2 amide bonds. The Labute approximate surface area is 154 Å². The summed E-state index contributed by atoms with van der Waals surface area (Å²) in [4.78, 5) is 28.1. The molecule has 2 aromatic carbocycles. The Kier molecular flexibility index (Phi) is 3.45. The molecular weight excluding hydrogens is 341 g/mol. The Balaban J connectivity index is 1.60. The van der Waals surface area contributed by atoms with Crippen molar-refractivity contribution in [1.29, 1.82) is 0 Å². The van der Waals surface area contributed by atoms with Crippen molar-refractivity contribution in [1.82, 2.24) is 0 Å². The maximum absolute atomic E-state index is 13.3. The minimum absolute atomic E-state index is 0.00557. The molecule has 1 unspecified atom stereocenters. The molecule has 2 fully saturated rings. The highest BCUT2D eigenvalue weighted by molar-refractivity contribution is 7.68. The largest absolute Gasteiger partial charge is 0.274 e. The minimum atomic E-state index is -0.547. The number of allylic oxidation sites excluding steroid dienone is 2. The molecule has 0 aliphatic carbocycles. The lowest BCUT2D eigenvalue weighted by atomic mass is 9.78. The smallest absolute Gasteiger partial charge is 0.238 e. The van der Waals surface area contributed by atoms with E-state index in [9.17, 15) is 9.59 Å². The summed E-state index contributed by atoms with van der Waals surface area (Å²) in [5.74, 6) is -0.395. The van der Waals surface area contributed by atoms with Gasteiger partial charge in [-0.25, -0.2) is 4.90 Å². The maximum atomic E-state index is 13.3. The molecule has 5 atom stereocenters. The molecule has 130 valence electrons. The van der Waals surface area contributed by atoms with E-state index >= 15 is 0 Å².